The Morgan fingerprint density at radius 1 is 1.12 bits per heavy atom. The van der Waals surface area contributed by atoms with Gasteiger partial charge in [-0.3, -0.25) is 4.79 Å². The van der Waals surface area contributed by atoms with Gasteiger partial charge in [-0.1, -0.05) is 12.1 Å². The van der Waals surface area contributed by atoms with Crippen LogP contribution in [0.15, 0.2) is 36.4 Å². The number of nitrogens with one attached hydrogen (secondary N) is 1. The van der Waals surface area contributed by atoms with Crippen molar-refractivity contribution in [1.82, 2.24) is 20.5 Å². The summed E-state index contributed by atoms with van der Waals surface area (Å²) in [5.74, 6) is -0.0709. The third-order valence-electron chi connectivity index (χ3n) is 4.14. The normalized spacial score (nSPS) is 10.7. The Bertz CT molecular complexity index is 883. The van der Waals surface area contributed by atoms with Crippen LogP contribution in [-0.4, -0.2) is 27.6 Å². The molecule has 5 nitrogen and oxygen atoms in total. The van der Waals surface area contributed by atoms with E-state index in [9.17, 15) is 4.79 Å². The lowest BCUT2D eigenvalue weighted by molar-refractivity contribution is 0.0953. The molecule has 0 aliphatic rings. The van der Waals surface area contributed by atoms with E-state index < -0.39 is 0 Å². The minimum atomic E-state index is -0.0709. The van der Waals surface area contributed by atoms with Gasteiger partial charge >= 0.3 is 0 Å². The molecule has 0 spiro atoms. The summed E-state index contributed by atoms with van der Waals surface area (Å²) >= 11 is 1.73. The first-order valence-corrected chi connectivity index (χ1v) is 9.46. The molecule has 3 rings (SSSR count). The van der Waals surface area contributed by atoms with Gasteiger partial charge in [-0.2, -0.15) is 10.2 Å². The Morgan fingerprint density at radius 2 is 1.96 bits per heavy atom. The summed E-state index contributed by atoms with van der Waals surface area (Å²) in [7, 11) is 0. The summed E-state index contributed by atoms with van der Waals surface area (Å²) in [4.78, 5) is 18.2. The summed E-state index contributed by atoms with van der Waals surface area (Å²) < 4.78 is 0. The monoisotopic (exact) mass is 366 g/mol. The average molecular weight is 366 g/mol. The molecular formula is C20H22N4OS. The topological polar surface area (TPSA) is 67.8 Å². The minimum absolute atomic E-state index is 0.0709. The van der Waals surface area contributed by atoms with Crippen LogP contribution in [-0.2, 0) is 6.42 Å². The maximum Gasteiger partial charge on any atom is 0.251 e. The van der Waals surface area contributed by atoms with Crippen LogP contribution >= 0.6 is 11.3 Å². The predicted molar refractivity (Wildman–Crippen MR) is 104 cm³/mol. The molecule has 134 valence electrons. The predicted octanol–water partition coefficient (Wildman–Crippen LogP) is 3.89. The molecule has 26 heavy (non-hydrogen) atoms. The third kappa shape index (κ3) is 4.52. The van der Waals surface area contributed by atoms with Gasteiger partial charge in [0, 0.05) is 29.0 Å². The van der Waals surface area contributed by atoms with E-state index in [2.05, 4.69) is 27.4 Å². The van der Waals surface area contributed by atoms with Crippen LogP contribution in [0.25, 0.3) is 11.3 Å². The van der Waals surface area contributed by atoms with E-state index in [1.54, 1.807) is 11.3 Å². The minimum Gasteiger partial charge on any atom is -0.352 e. The van der Waals surface area contributed by atoms with Gasteiger partial charge < -0.3 is 5.32 Å². The number of thiazole rings is 1. The van der Waals surface area contributed by atoms with Gasteiger partial charge in [0.2, 0.25) is 0 Å². The highest BCUT2D eigenvalue weighted by Gasteiger charge is 2.08. The molecule has 1 amide bonds. The number of aryl methyl sites for hydroxylation is 4. The molecule has 0 fully saturated rings. The van der Waals surface area contributed by atoms with Gasteiger partial charge in [0.05, 0.1) is 22.1 Å². The standard InChI is InChI=1S/C20H22N4OS/c1-13-9-10-18(24-23-13)16-6-4-7-17(12-16)20(25)21-11-5-8-19-22-14(2)15(3)26-19/h4,6-7,9-10,12H,5,8,11H2,1-3H3,(H,21,25). The Hall–Kier alpha value is -2.60. The Labute approximate surface area is 157 Å². The molecule has 0 atom stereocenters. The van der Waals surface area contributed by atoms with Crippen LogP contribution in [0.1, 0.15) is 38.1 Å². The SMILES string of the molecule is Cc1ccc(-c2cccc(C(=O)NCCCc3nc(C)c(C)s3)c2)nn1. The van der Waals surface area contributed by atoms with Crippen molar-refractivity contribution in [2.45, 2.75) is 33.6 Å². The van der Waals surface area contributed by atoms with Gasteiger partial charge in [-0.05, 0) is 51.5 Å². The molecule has 1 aromatic carbocycles. The fourth-order valence-corrected chi connectivity index (χ4v) is 3.54. The molecule has 0 saturated carbocycles. The van der Waals surface area contributed by atoms with E-state index in [-0.39, 0.29) is 5.91 Å². The molecular weight excluding hydrogens is 344 g/mol. The van der Waals surface area contributed by atoms with Crippen LogP contribution in [0.2, 0.25) is 0 Å². The molecule has 0 aliphatic heterocycles. The average Bonchev–Trinajstić information content (AvgIpc) is 2.97. The molecule has 2 aromatic heterocycles. The molecule has 1 N–H and O–H groups in total. The Kier molecular flexibility index (Phi) is 5.73. The van der Waals surface area contributed by atoms with Crippen molar-refractivity contribution in [2.75, 3.05) is 6.54 Å². The lowest BCUT2D eigenvalue weighted by Gasteiger charge is -2.06. The van der Waals surface area contributed by atoms with Gasteiger partial charge in [-0.25, -0.2) is 4.98 Å². The number of benzene rings is 1. The largest absolute Gasteiger partial charge is 0.352 e. The zero-order chi connectivity index (χ0) is 18.5. The fourth-order valence-electron chi connectivity index (χ4n) is 2.56. The number of amides is 1. The van der Waals surface area contributed by atoms with Crippen molar-refractivity contribution in [3.63, 3.8) is 0 Å². The van der Waals surface area contributed by atoms with Crippen molar-refractivity contribution in [2.24, 2.45) is 0 Å². The Morgan fingerprint density at radius 3 is 2.65 bits per heavy atom. The maximum atomic E-state index is 12.4. The van der Waals surface area contributed by atoms with E-state index in [1.165, 1.54) is 4.88 Å². The molecule has 0 unspecified atom stereocenters. The summed E-state index contributed by atoms with van der Waals surface area (Å²) in [5, 5.41) is 12.4. The smallest absolute Gasteiger partial charge is 0.251 e. The molecule has 0 bridgehead atoms. The summed E-state index contributed by atoms with van der Waals surface area (Å²) in [5.41, 5.74) is 4.25. The molecule has 6 heteroatoms. The van der Waals surface area contributed by atoms with Crippen LogP contribution in [0.5, 0.6) is 0 Å². The summed E-state index contributed by atoms with van der Waals surface area (Å²) in [6.07, 6.45) is 1.76. The Balaban J connectivity index is 1.56. The van der Waals surface area contributed by atoms with Crippen molar-refractivity contribution < 1.29 is 4.79 Å². The zero-order valence-electron chi connectivity index (χ0n) is 15.2. The highest BCUT2D eigenvalue weighted by Crippen LogP contribution is 2.19. The number of nitrogens with zero attached hydrogens (tertiary/aromatic N) is 3. The second kappa shape index (κ2) is 8.19. The number of hydrogen-bond donors (Lipinski definition) is 1. The highest BCUT2D eigenvalue weighted by molar-refractivity contribution is 7.11. The maximum absolute atomic E-state index is 12.4. The van der Waals surface area contributed by atoms with Crippen LogP contribution in [0.3, 0.4) is 0 Å². The quantitative estimate of drug-likeness (QED) is 0.672. The van der Waals surface area contributed by atoms with Crippen LogP contribution in [0, 0.1) is 20.8 Å². The lowest BCUT2D eigenvalue weighted by atomic mass is 10.1. The zero-order valence-corrected chi connectivity index (χ0v) is 16.1. The molecule has 0 aliphatic carbocycles. The molecule has 0 saturated heterocycles. The van der Waals surface area contributed by atoms with Gasteiger partial charge in [-0.15, -0.1) is 11.3 Å². The van der Waals surface area contributed by atoms with Gasteiger partial charge in [0.1, 0.15) is 0 Å². The van der Waals surface area contributed by atoms with E-state index in [0.717, 1.165) is 40.5 Å². The highest BCUT2D eigenvalue weighted by atomic mass is 32.1. The number of aromatic nitrogens is 3. The molecule has 2 heterocycles. The number of rotatable bonds is 6. The lowest BCUT2D eigenvalue weighted by Crippen LogP contribution is -2.24. The first kappa shape index (κ1) is 18.2. The fraction of sp³-hybridized carbons (Fsp3) is 0.300. The van der Waals surface area contributed by atoms with Crippen LogP contribution in [0.4, 0.5) is 0 Å². The van der Waals surface area contributed by atoms with Crippen molar-refractivity contribution in [3.8, 4) is 11.3 Å². The van der Waals surface area contributed by atoms with Crippen molar-refractivity contribution >= 4 is 17.2 Å². The van der Waals surface area contributed by atoms with E-state index in [1.807, 2.05) is 50.2 Å². The van der Waals surface area contributed by atoms with Crippen molar-refractivity contribution in [3.05, 3.63) is 63.2 Å². The van der Waals surface area contributed by atoms with E-state index in [0.29, 0.717) is 12.1 Å². The van der Waals surface area contributed by atoms with Crippen LogP contribution < -0.4 is 5.32 Å². The summed E-state index contributed by atoms with van der Waals surface area (Å²) in [6, 6.07) is 11.3. The summed E-state index contributed by atoms with van der Waals surface area (Å²) in [6.45, 7) is 6.65. The first-order chi connectivity index (χ1) is 12.5. The van der Waals surface area contributed by atoms with E-state index >= 15 is 0 Å². The second-order valence-corrected chi connectivity index (χ2v) is 7.54. The number of carbonyl (C=O) groups is 1. The first-order valence-electron chi connectivity index (χ1n) is 8.65. The third-order valence-corrected chi connectivity index (χ3v) is 5.28. The molecule has 0 radical (unpaired) electrons. The number of hydrogen-bond acceptors (Lipinski definition) is 5. The molecule has 3 aromatic rings. The number of carbonyl (C=O) groups excluding carboxylic acids is 1. The second-order valence-electron chi connectivity index (χ2n) is 6.25. The van der Waals surface area contributed by atoms with Gasteiger partial charge in [0.15, 0.2) is 0 Å². The van der Waals surface area contributed by atoms with Gasteiger partial charge in [0.25, 0.3) is 5.91 Å². The van der Waals surface area contributed by atoms with Crippen molar-refractivity contribution in [1.29, 1.82) is 0 Å². The van der Waals surface area contributed by atoms with E-state index in [4.69, 9.17) is 0 Å².